The van der Waals surface area contributed by atoms with Crippen molar-refractivity contribution in [2.45, 2.75) is 13.3 Å². The van der Waals surface area contributed by atoms with Gasteiger partial charge < -0.3 is 10.1 Å². The molecule has 2 heterocycles. The molecule has 0 spiro atoms. The van der Waals surface area contributed by atoms with Gasteiger partial charge in [0, 0.05) is 20.3 Å². The van der Waals surface area contributed by atoms with Gasteiger partial charge in [0.2, 0.25) is 0 Å². The molecule has 0 atom stereocenters. The van der Waals surface area contributed by atoms with Gasteiger partial charge in [0.25, 0.3) is 11.5 Å². The Morgan fingerprint density at radius 2 is 1.85 bits per heavy atom. The summed E-state index contributed by atoms with van der Waals surface area (Å²) in [6.45, 7) is 1.69. The molecule has 8 nitrogen and oxygen atoms in total. The summed E-state index contributed by atoms with van der Waals surface area (Å²) in [6.07, 6.45) is 2.12. The molecule has 8 heteroatoms. The van der Waals surface area contributed by atoms with Crippen LogP contribution >= 0.6 is 0 Å². The van der Waals surface area contributed by atoms with Crippen LogP contribution in [-0.2, 0) is 25.3 Å². The fraction of sp³-hybridized carbons (Fsp3) is 0.263. The number of nitrogens with zero attached hydrogens (tertiary/aromatic N) is 3. The summed E-state index contributed by atoms with van der Waals surface area (Å²) < 4.78 is 7.74. The van der Waals surface area contributed by atoms with Crippen LogP contribution in [-0.4, -0.2) is 26.6 Å². The Morgan fingerprint density at radius 1 is 1.15 bits per heavy atom. The highest BCUT2D eigenvalue weighted by Gasteiger charge is 2.18. The number of anilines is 1. The third-order valence-electron chi connectivity index (χ3n) is 4.31. The number of para-hydroxylation sites is 1. The summed E-state index contributed by atoms with van der Waals surface area (Å²) in [5.74, 6) is 0.165. The summed E-state index contributed by atoms with van der Waals surface area (Å²) >= 11 is 0. The standard InChI is InChI=1S/C19H20N4O4/c1-4-12-10-20-17-15(18(25)23(3)19(26)22(17)2)16(12)21-14(24)11-27-13-8-6-5-7-9-13/h5-10H,4,11H2,1-3H3,(H,20,21,24). The van der Waals surface area contributed by atoms with Crippen LogP contribution in [0.3, 0.4) is 0 Å². The Balaban J connectivity index is 2.01. The molecule has 0 unspecified atom stereocenters. The van der Waals surface area contributed by atoms with Crippen molar-refractivity contribution in [3.05, 3.63) is 62.9 Å². The van der Waals surface area contributed by atoms with Crippen molar-refractivity contribution in [2.75, 3.05) is 11.9 Å². The molecule has 0 saturated heterocycles. The largest absolute Gasteiger partial charge is 0.484 e. The van der Waals surface area contributed by atoms with E-state index in [4.69, 9.17) is 4.74 Å². The lowest BCUT2D eigenvalue weighted by atomic mass is 10.1. The molecule has 1 N–H and O–H groups in total. The zero-order valence-electron chi connectivity index (χ0n) is 15.4. The highest BCUT2D eigenvalue weighted by Crippen LogP contribution is 2.23. The number of carbonyl (C=O) groups is 1. The van der Waals surface area contributed by atoms with Crippen LogP contribution in [0.15, 0.2) is 46.1 Å². The van der Waals surface area contributed by atoms with Crippen LogP contribution in [0.5, 0.6) is 5.75 Å². The zero-order chi connectivity index (χ0) is 19.6. The van der Waals surface area contributed by atoms with E-state index in [-0.39, 0.29) is 17.6 Å². The van der Waals surface area contributed by atoms with Gasteiger partial charge in [0.1, 0.15) is 11.1 Å². The Bertz CT molecular complexity index is 1120. The number of nitrogens with one attached hydrogen (secondary N) is 1. The van der Waals surface area contributed by atoms with E-state index in [0.29, 0.717) is 23.4 Å². The molecule has 0 saturated carbocycles. The van der Waals surface area contributed by atoms with Gasteiger partial charge in [-0.05, 0) is 24.1 Å². The van der Waals surface area contributed by atoms with Crippen LogP contribution in [0.25, 0.3) is 11.0 Å². The van der Waals surface area contributed by atoms with E-state index in [1.54, 1.807) is 18.3 Å². The van der Waals surface area contributed by atoms with Gasteiger partial charge in [-0.2, -0.15) is 0 Å². The highest BCUT2D eigenvalue weighted by molar-refractivity contribution is 6.01. The first-order valence-electron chi connectivity index (χ1n) is 8.49. The number of aromatic nitrogens is 3. The number of rotatable bonds is 5. The molecule has 3 aromatic rings. The van der Waals surface area contributed by atoms with Crippen molar-refractivity contribution in [3.8, 4) is 5.75 Å². The Hall–Kier alpha value is -3.42. The third kappa shape index (κ3) is 3.46. The number of hydrogen-bond acceptors (Lipinski definition) is 5. The second-order valence-corrected chi connectivity index (χ2v) is 6.07. The topological polar surface area (TPSA) is 95.2 Å². The lowest BCUT2D eigenvalue weighted by Crippen LogP contribution is -2.38. The molecule has 2 aromatic heterocycles. The number of fused-ring (bicyclic) bond motifs is 1. The second-order valence-electron chi connectivity index (χ2n) is 6.07. The highest BCUT2D eigenvalue weighted by atomic mass is 16.5. The van der Waals surface area contributed by atoms with Crippen molar-refractivity contribution in [1.82, 2.24) is 14.1 Å². The van der Waals surface area contributed by atoms with E-state index < -0.39 is 17.2 Å². The molecule has 140 valence electrons. The van der Waals surface area contributed by atoms with Crippen LogP contribution in [0.4, 0.5) is 5.69 Å². The van der Waals surface area contributed by atoms with Gasteiger partial charge in [0.05, 0.1) is 5.69 Å². The minimum Gasteiger partial charge on any atom is -0.484 e. The molecular formula is C19H20N4O4. The first kappa shape index (κ1) is 18.4. The van der Waals surface area contributed by atoms with Gasteiger partial charge in [-0.15, -0.1) is 0 Å². The fourth-order valence-electron chi connectivity index (χ4n) is 2.82. The molecule has 0 bridgehead atoms. The molecular weight excluding hydrogens is 348 g/mol. The summed E-state index contributed by atoms with van der Waals surface area (Å²) in [7, 11) is 2.93. The molecule has 3 rings (SSSR count). The molecule has 0 fully saturated rings. The maximum Gasteiger partial charge on any atom is 0.332 e. The van der Waals surface area contributed by atoms with Crippen LogP contribution in [0, 0.1) is 0 Å². The quantitative estimate of drug-likeness (QED) is 0.730. The molecule has 1 amide bonds. The van der Waals surface area contributed by atoms with Gasteiger partial charge in [-0.1, -0.05) is 25.1 Å². The van der Waals surface area contributed by atoms with Crippen LogP contribution in [0.2, 0.25) is 0 Å². The maximum atomic E-state index is 12.7. The van der Waals surface area contributed by atoms with Crippen molar-refractivity contribution >= 4 is 22.6 Å². The van der Waals surface area contributed by atoms with Gasteiger partial charge >= 0.3 is 5.69 Å². The fourth-order valence-corrected chi connectivity index (χ4v) is 2.82. The molecule has 27 heavy (non-hydrogen) atoms. The van der Waals surface area contributed by atoms with E-state index in [0.717, 1.165) is 4.57 Å². The molecule has 0 aliphatic heterocycles. The van der Waals surface area contributed by atoms with E-state index in [1.165, 1.54) is 18.7 Å². The van der Waals surface area contributed by atoms with Gasteiger partial charge in [-0.25, -0.2) is 9.78 Å². The smallest absolute Gasteiger partial charge is 0.332 e. The first-order valence-corrected chi connectivity index (χ1v) is 8.49. The van der Waals surface area contributed by atoms with Crippen molar-refractivity contribution < 1.29 is 9.53 Å². The van der Waals surface area contributed by atoms with E-state index in [2.05, 4.69) is 10.3 Å². The molecule has 0 aliphatic rings. The van der Waals surface area contributed by atoms with Crippen molar-refractivity contribution in [3.63, 3.8) is 0 Å². The summed E-state index contributed by atoms with van der Waals surface area (Å²) in [5, 5.41) is 2.96. The minimum absolute atomic E-state index is 0.201. The Kier molecular flexibility index (Phi) is 5.07. The van der Waals surface area contributed by atoms with E-state index in [1.807, 2.05) is 25.1 Å². The zero-order valence-corrected chi connectivity index (χ0v) is 15.4. The predicted octanol–water partition coefficient (Wildman–Crippen LogP) is 1.21. The predicted molar refractivity (Wildman–Crippen MR) is 102 cm³/mol. The van der Waals surface area contributed by atoms with Crippen LogP contribution in [0.1, 0.15) is 12.5 Å². The molecule has 0 radical (unpaired) electrons. The second kappa shape index (κ2) is 7.45. The average Bonchev–Trinajstić information content (AvgIpc) is 2.69. The monoisotopic (exact) mass is 368 g/mol. The normalized spacial score (nSPS) is 10.8. The first-order chi connectivity index (χ1) is 12.9. The SMILES string of the molecule is CCc1cnc2c(c1NC(=O)COc1ccccc1)c(=O)n(C)c(=O)n2C. The lowest BCUT2D eigenvalue weighted by molar-refractivity contribution is -0.118. The molecule has 1 aromatic carbocycles. The minimum atomic E-state index is -0.504. The Labute approximate surface area is 155 Å². The number of amides is 1. The summed E-state index contributed by atoms with van der Waals surface area (Å²) in [4.78, 5) is 41.5. The number of ether oxygens (including phenoxy) is 1. The van der Waals surface area contributed by atoms with E-state index >= 15 is 0 Å². The molecule has 0 aliphatic carbocycles. The van der Waals surface area contributed by atoms with Crippen LogP contribution < -0.4 is 21.3 Å². The number of hydrogen-bond donors (Lipinski definition) is 1. The van der Waals surface area contributed by atoms with Crippen molar-refractivity contribution in [1.29, 1.82) is 0 Å². The summed E-state index contributed by atoms with van der Waals surface area (Å²) in [6, 6.07) is 8.96. The van der Waals surface area contributed by atoms with Crippen molar-refractivity contribution in [2.24, 2.45) is 14.1 Å². The van der Waals surface area contributed by atoms with Gasteiger partial charge in [-0.3, -0.25) is 18.7 Å². The third-order valence-corrected chi connectivity index (χ3v) is 4.31. The van der Waals surface area contributed by atoms with E-state index in [9.17, 15) is 14.4 Å². The number of aryl methyl sites for hydroxylation is 2. The number of carbonyl (C=O) groups excluding carboxylic acids is 1. The maximum absolute atomic E-state index is 12.7. The van der Waals surface area contributed by atoms with Gasteiger partial charge in [0.15, 0.2) is 12.3 Å². The number of pyridine rings is 1. The average molecular weight is 368 g/mol. The lowest BCUT2D eigenvalue weighted by Gasteiger charge is -2.15. The number of benzene rings is 1. The Morgan fingerprint density at radius 3 is 2.52 bits per heavy atom. The summed E-state index contributed by atoms with van der Waals surface area (Å²) in [5.41, 5.74) is 0.301.